The number of nitrogens with one attached hydrogen (secondary N) is 2. The molecular formula is C56H107ClN6O8S2. The molecule has 4 fully saturated rings. The molecule has 2 aliphatic carbocycles. The summed E-state index contributed by atoms with van der Waals surface area (Å²) in [5.41, 5.74) is 4.66. The Morgan fingerprint density at radius 1 is 0.671 bits per heavy atom. The Kier molecular flexibility index (Phi) is 26.5. The van der Waals surface area contributed by atoms with E-state index in [1.165, 1.54) is 14.2 Å². The maximum absolute atomic E-state index is 13.8. The van der Waals surface area contributed by atoms with Crippen LogP contribution in [0, 0.1) is 57.2 Å². The van der Waals surface area contributed by atoms with E-state index in [1.54, 1.807) is 15.9 Å². The zero-order valence-electron chi connectivity index (χ0n) is 48.4. The van der Waals surface area contributed by atoms with Gasteiger partial charge in [0.1, 0.15) is 18.1 Å². The van der Waals surface area contributed by atoms with Crippen molar-refractivity contribution in [2.45, 2.75) is 225 Å². The Bertz CT molecular complexity index is 1900. The maximum Gasteiger partial charge on any atom is 0.328 e. The normalized spacial score (nSPS) is 24.6. The summed E-state index contributed by atoms with van der Waals surface area (Å²) < 4.78 is 10.3. The molecule has 0 radical (unpaired) electrons. The number of hydrogen-bond acceptors (Lipinski definition) is 12. The molecule has 17 heteroatoms. The number of halogens is 1. The van der Waals surface area contributed by atoms with E-state index in [2.05, 4.69) is 119 Å². The lowest BCUT2D eigenvalue weighted by molar-refractivity contribution is -0.154. The van der Waals surface area contributed by atoms with Gasteiger partial charge in [-0.25, -0.2) is 19.2 Å². The third-order valence-corrected chi connectivity index (χ3v) is 17.8. The minimum absolute atomic E-state index is 0. The van der Waals surface area contributed by atoms with Gasteiger partial charge in [-0.15, -0.1) is 12.4 Å². The summed E-state index contributed by atoms with van der Waals surface area (Å²) in [5.74, 6) is 2.48. The number of rotatable bonds is 15. The quantitative estimate of drug-likeness (QED) is 0.0804. The first-order valence-corrected chi connectivity index (χ1v) is 27.4. The van der Waals surface area contributed by atoms with Gasteiger partial charge in [-0.3, -0.25) is 9.59 Å². The first-order chi connectivity index (χ1) is 31.4. The van der Waals surface area contributed by atoms with Gasteiger partial charge in [-0.2, -0.15) is 28.5 Å². The van der Waals surface area contributed by atoms with E-state index in [1.807, 2.05) is 72.0 Å². The van der Waals surface area contributed by atoms with Crippen LogP contribution in [0.25, 0.3) is 0 Å². The van der Waals surface area contributed by atoms with Crippen LogP contribution in [0.15, 0.2) is 4.99 Å². The van der Waals surface area contributed by atoms with Gasteiger partial charge >= 0.3 is 18.0 Å². The second-order valence-corrected chi connectivity index (χ2v) is 30.9. The molecule has 4 N–H and O–H groups in total. The van der Waals surface area contributed by atoms with Gasteiger partial charge < -0.3 is 35.6 Å². The van der Waals surface area contributed by atoms with Crippen molar-refractivity contribution >= 4 is 71.8 Å². The Hall–Kier alpha value is -2.52. The van der Waals surface area contributed by atoms with Crippen LogP contribution < -0.4 is 16.4 Å². The number of urea groups is 1. The number of nitrogens with zero attached hydrogens (tertiary/aromatic N) is 3. The van der Waals surface area contributed by atoms with Crippen LogP contribution >= 0.6 is 35.9 Å². The van der Waals surface area contributed by atoms with Crippen molar-refractivity contribution in [3.63, 3.8) is 0 Å². The van der Waals surface area contributed by atoms with Gasteiger partial charge in [0, 0.05) is 51.5 Å². The Labute approximate surface area is 459 Å². The highest BCUT2D eigenvalue weighted by molar-refractivity contribution is 8.00. The average molecular weight is 1090 g/mol. The van der Waals surface area contributed by atoms with Crippen LogP contribution in [-0.4, -0.2) is 129 Å². The average Bonchev–Trinajstić information content (AvgIpc) is 3.65. The van der Waals surface area contributed by atoms with E-state index in [4.69, 9.17) is 15.2 Å². The fraction of sp³-hybridized carbons (Fsp3) is 0.893. The van der Waals surface area contributed by atoms with Gasteiger partial charge in [-0.05, 0) is 72.0 Å². The molecule has 0 aromatic rings. The molecule has 2 saturated carbocycles. The van der Waals surface area contributed by atoms with Crippen LogP contribution in [-0.2, 0) is 33.4 Å². The molecule has 2 heterocycles. The molecule has 4 rings (SSSR count). The van der Waals surface area contributed by atoms with E-state index in [0.717, 1.165) is 24.3 Å². The fourth-order valence-corrected chi connectivity index (χ4v) is 12.4. The molecule has 2 saturated heterocycles. The number of piperidine rings is 2. The predicted octanol–water partition coefficient (Wildman–Crippen LogP) is 11.1. The lowest BCUT2D eigenvalue weighted by Crippen LogP contribution is -2.62. The summed E-state index contributed by atoms with van der Waals surface area (Å²) in [6.07, 6.45) is 3.47. The van der Waals surface area contributed by atoms with Crippen molar-refractivity contribution in [3.8, 4) is 0 Å². The summed E-state index contributed by atoms with van der Waals surface area (Å²) in [6, 6.07) is -2.79. The van der Waals surface area contributed by atoms with Crippen LogP contribution in [0.3, 0.4) is 0 Å². The number of aliphatic imine (C=N–C) groups is 1. The third kappa shape index (κ3) is 19.8. The highest BCUT2D eigenvalue weighted by Gasteiger charge is 2.71. The van der Waals surface area contributed by atoms with Crippen LogP contribution in [0.2, 0.25) is 0 Å². The summed E-state index contributed by atoms with van der Waals surface area (Å²) in [5, 5.41) is 6.17. The number of thioether (sulfide) groups is 2. The molecule has 0 unspecified atom stereocenters. The number of ether oxygens (including phenoxy) is 2. The number of likely N-dealkylation sites (tertiary alicyclic amines) is 2. The molecule has 4 aliphatic rings. The second-order valence-electron chi connectivity index (χ2n) is 27.3. The van der Waals surface area contributed by atoms with Crippen LogP contribution in [0.1, 0.15) is 180 Å². The maximum atomic E-state index is 13.8. The monoisotopic (exact) mass is 1090 g/mol. The number of amides is 4. The molecule has 0 spiro atoms. The topological polar surface area (TPSA) is 190 Å². The predicted molar refractivity (Wildman–Crippen MR) is 308 cm³/mol. The lowest BCUT2D eigenvalue weighted by Gasteiger charge is -2.39. The van der Waals surface area contributed by atoms with E-state index in [0.29, 0.717) is 30.8 Å². The summed E-state index contributed by atoms with van der Waals surface area (Å²) in [4.78, 5) is 82.1. The molecule has 0 aromatic heterocycles. The molecule has 14 nitrogen and oxygen atoms in total. The standard InChI is InChI=1S/C27H49N3O4S.C15H26N2O3.C12H23NOS.2CH4.ClH/c1-16(2)13-27(11,15-35-25(6,7)8)29-23(33)28-20(24(3,4)5)21(31)30-14-17-18(26(17,9)10)19(30)22(32)34-12;1-14(2,3)11(16)12(18)17-7-8-9(15(8,4)5)10(17)13(19)20-6;1-10(2)7-12(6,13-9-14)8-15-11(3,4)5;;;/h16-20H,13-15H2,1-12H3,(H2,28,29,33);8-11H,7,16H2,1-6H3;10H,7-8H2,1-6H3;2*1H4;1H/t17-,18-,19-,20+,27-;8-,9-,10-,11+;12-;;;/m000.../s1. The largest absolute Gasteiger partial charge is 0.467 e. The van der Waals surface area contributed by atoms with Crippen molar-refractivity contribution in [2.75, 3.05) is 38.8 Å². The minimum atomic E-state index is -0.770. The summed E-state index contributed by atoms with van der Waals surface area (Å²) in [7, 11) is 2.74. The smallest absolute Gasteiger partial charge is 0.328 e. The van der Waals surface area contributed by atoms with Gasteiger partial charge in [0.2, 0.25) is 17.9 Å². The highest BCUT2D eigenvalue weighted by atomic mass is 35.5. The van der Waals surface area contributed by atoms with E-state index in [9.17, 15) is 28.8 Å². The van der Waals surface area contributed by atoms with Crippen molar-refractivity contribution in [1.82, 2.24) is 20.4 Å². The molecule has 10 atom stereocenters. The summed E-state index contributed by atoms with van der Waals surface area (Å²) >= 11 is 3.67. The molecule has 0 bridgehead atoms. The lowest BCUT2D eigenvalue weighted by atomic mass is 9.85. The molecular weight excluding hydrogens is 984 g/mol. The SMILES string of the molecule is C.C.CC(C)C[C@@](C)(CSC(C)(C)C)N=C=O.COC(=O)[C@@H]1[C@@H]2[C@H](CN1C(=O)[C@@H](N)C(C)(C)C)C2(C)C.COC(=O)[C@@H]1[C@@H]2[C@H](CN1C(=O)[C@@H](NC(=O)N[C@](C)(CSC(C)(C)C)CC(C)C)C(C)(C)C)C2(C)C.Cl. The van der Waals surface area contributed by atoms with Gasteiger partial charge in [0.05, 0.1) is 25.8 Å². The second kappa shape index (κ2) is 26.7. The molecule has 2 aliphatic heterocycles. The van der Waals surface area contributed by atoms with Gasteiger partial charge in [-0.1, -0.05) is 153 Å². The number of carbonyl (C=O) groups excluding carboxylic acids is 6. The Morgan fingerprint density at radius 3 is 1.38 bits per heavy atom. The molecule has 4 amide bonds. The van der Waals surface area contributed by atoms with Crippen molar-refractivity contribution < 1.29 is 38.2 Å². The van der Waals surface area contributed by atoms with Crippen LogP contribution in [0.5, 0.6) is 0 Å². The minimum Gasteiger partial charge on any atom is -0.467 e. The fourth-order valence-electron chi connectivity index (χ4n) is 10.5. The molecule has 73 heavy (non-hydrogen) atoms. The van der Waals surface area contributed by atoms with Crippen molar-refractivity contribution in [3.05, 3.63) is 0 Å². The molecule has 0 aromatic carbocycles. The number of isocyanates is 1. The van der Waals surface area contributed by atoms with Crippen molar-refractivity contribution in [1.29, 1.82) is 0 Å². The first-order valence-electron chi connectivity index (χ1n) is 25.4. The zero-order chi connectivity index (χ0) is 54.7. The van der Waals surface area contributed by atoms with Gasteiger partial charge in [0.25, 0.3) is 0 Å². The summed E-state index contributed by atoms with van der Waals surface area (Å²) in [6.45, 7) is 47.0. The number of hydrogen-bond donors (Lipinski definition) is 3. The zero-order valence-corrected chi connectivity index (χ0v) is 50.9. The Morgan fingerprint density at radius 2 is 1.05 bits per heavy atom. The number of esters is 2. The number of carbonyl (C=O) groups is 5. The van der Waals surface area contributed by atoms with Crippen LogP contribution in [0.4, 0.5) is 4.79 Å². The number of nitrogens with two attached hydrogens (primary N) is 1. The highest BCUT2D eigenvalue weighted by Crippen LogP contribution is 2.66. The number of methoxy groups -OCH3 is 2. The van der Waals surface area contributed by atoms with Gasteiger partial charge in [0.15, 0.2) is 0 Å². The third-order valence-electron chi connectivity index (χ3n) is 14.5. The van der Waals surface area contributed by atoms with E-state index in [-0.39, 0.29) is 106 Å². The molecule has 428 valence electrons. The first kappa shape index (κ1) is 72.6. The van der Waals surface area contributed by atoms with E-state index < -0.39 is 35.1 Å². The Balaban J connectivity index is 0. The van der Waals surface area contributed by atoms with E-state index >= 15 is 0 Å². The number of fused-ring (bicyclic) bond motifs is 2. The van der Waals surface area contributed by atoms with Crippen molar-refractivity contribution in [2.24, 2.45) is 67.9 Å².